The van der Waals surface area contributed by atoms with Gasteiger partial charge in [0.1, 0.15) is 6.07 Å². The smallest absolute Gasteiger partial charge is 0.261 e. The van der Waals surface area contributed by atoms with Crippen LogP contribution < -0.4 is 0 Å². The minimum absolute atomic E-state index is 0.107. The van der Waals surface area contributed by atoms with Crippen LogP contribution in [0, 0.1) is 25.2 Å². The molecule has 1 atom stereocenters. The normalized spacial score (nSPS) is 23.7. The molecule has 1 aromatic rings. The number of alkyl halides is 1. The first-order valence-electron chi connectivity index (χ1n) is 4.73. The third-order valence-corrected chi connectivity index (χ3v) is 2.82. The summed E-state index contributed by atoms with van der Waals surface area (Å²) < 4.78 is 13.8. The zero-order chi connectivity index (χ0) is 11.2. The number of aryl methyl sites for hydroxylation is 2. The summed E-state index contributed by atoms with van der Waals surface area (Å²) in [6.45, 7) is 3.69. The quantitative estimate of drug-likeness (QED) is 0.649. The predicted molar refractivity (Wildman–Crippen MR) is 53.4 cm³/mol. The van der Waals surface area contributed by atoms with Gasteiger partial charge in [-0.25, -0.2) is 4.39 Å². The van der Waals surface area contributed by atoms with E-state index in [-0.39, 0.29) is 6.42 Å². The Morgan fingerprint density at radius 1 is 1.47 bits per heavy atom. The highest BCUT2D eigenvalue weighted by molar-refractivity contribution is 6.09. The Balaban J connectivity index is 2.66. The molecule has 0 aromatic heterocycles. The molecule has 0 saturated heterocycles. The molecule has 0 aliphatic heterocycles. The molecular formula is C12H10FNO. The minimum atomic E-state index is -2.35. The standard InChI is InChI=1S/C12H10FNO/c1-7-3-8(2)10-5-12(13,6-14)11(15)9(10)4-7/h3-4H,5H2,1-2H3/t12-/m1/s1. The summed E-state index contributed by atoms with van der Waals surface area (Å²) in [6, 6.07) is 5.02. The molecule has 1 aliphatic rings. The fourth-order valence-corrected chi connectivity index (χ4v) is 2.06. The van der Waals surface area contributed by atoms with E-state index in [1.807, 2.05) is 19.9 Å². The molecule has 15 heavy (non-hydrogen) atoms. The molecule has 0 fully saturated rings. The predicted octanol–water partition coefficient (Wildman–Crippen LogP) is 2.27. The monoisotopic (exact) mass is 203 g/mol. The first-order valence-corrected chi connectivity index (χ1v) is 4.73. The van der Waals surface area contributed by atoms with Gasteiger partial charge in [-0.05, 0) is 31.0 Å². The number of ketones is 1. The average Bonchev–Trinajstić information content (AvgIpc) is 2.43. The molecule has 1 aromatic carbocycles. The van der Waals surface area contributed by atoms with Gasteiger partial charge in [0.05, 0.1) is 0 Å². The zero-order valence-corrected chi connectivity index (χ0v) is 8.60. The van der Waals surface area contributed by atoms with Crippen molar-refractivity contribution in [1.82, 2.24) is 0 Å². The topological polar surface area (TPSA) is 40.9 Å². The van der Waals surface area contributed by atoms with Crippen LogP contribution in [0.4, 0.5) is 4.39 Å². The molecular weight excluding hydrogens is 193 g/mol. The molecule has 0 bridgehead atoms. The lowest BCUT2D eigenvalue weighted by Gasteiger charge is -2.04. The van der Waals surface area contributed by atoms with Crippen molar-refractivity contribution in [3.8, 4) is 6.07 Å². The molecule has 2 nitrogen and oxygen atoms in total. The molecule has 3 heteroatoms. The molecule has 2 rings (SSSR count). The fraction of sp³-hybridized carbons (Fsp3) is 0.333. The molecule has 0 amide bonds. The third kappa shape index (κ3) is 1.25. The van der Waals surface area contributed by atoms with E-state index in [0.29, 0.717) is 11.1 Å². The molecule has 0 saturated carbocycles. The van der Waals surface area contributed by atoms with Crippen LogP contribution in [-0.4, -0.2) is 11.5 Å². The van der Waals surface area contributed by atoms with Crippen LogP contribution in [0.3, 0.4) is 0 Å². The number of fused-ring (bicyclic) bond motifs is 1. The summed E-state index contributed by atoms with van der Waals surface area (Å²) in [6.07, 6.45) is -0.107. The molecule has 0 N–H and O–H groups in total. The van der Waals surface area contributed by atoms with E-state index >= 15 is 0 Å². The lowest BCUT2D eigenvalue weighted by Crippen LogP contribution is -2.28. The van der Waals surface area contributed by atoms with E-state index in [2.05, 4.69) is 0 Å². The fourth-order valence-electron chi connectivity index (χ4n) is 2.06. The number of carbonyl (C=O) groups is 1. The first-order chi connectivity index (χ1) is 6.98. The maximum absolute atomic E-state index is 13.8. The second kappa shape index (κ2) is 2.90. The molecule has 0 unspecified atom stereocenters. The van der Waals surface area contributed by atoms with E-state index in [1.54, 1.807) is 6.07 Å². The largest absolute Gasteiger partial charge is 0.289 e. The number of rotatable bonds is 0. The number of benzene rings is 1. The van der Waals surface area contributed by atoms with Gasteiger partial charge >= 0.3 is 0 Å². The van der Waals surface area contributed by atoms with Gasteiger partial charge in [0.25, 0.3) is 5.67 Å². The molecule has 0 radical (unpaired) electrons. The van der Waals surface area contributed by atoms with Crippen LogP contribution in [0.5, 0.6) is 0 Å². The minimum Gasteiger partial charge on any atom is -0.289 e. The van der Waals surface area contributed by atoms with Crippen molar-refractivity contribution in [2.24, 2.45) is 0 Å². The van der Waals surface area contributed by atoms with E-state index in [0.717, 1.165) is 11.1 Å². The Labute approximate surface area is 87.3 Å². The number of halogens is 1. The number of hydrogen-bond donors (Lipinski definition) is 0. The maximum Gasteiger partial charge on any atom is 0.261 e. The van der Waals surface area contributed by atoms with E-state index < -0.39 is 11.5 Å². The lowest BCUT2D eigenvalue weighted by molar-refractivity contribution is 0.0820. The SMILES string of the molecule is Cc1cc(C)c2c(c1)C(=O)[C@](F)(C#N)C2. The summed E-state index contributed by atoms with van der Waals surface area (Å²) in [4.78, 5) is 11.7. The second-order valence-corrected chi connectivity index (χ2v) is 4.03. The van der Waals surface area contributed by atoms with Crippen molar-refractivity contribution < 1.29 is 9.18 Å². The first kappa shape index (κ1) is 9.85. The summed E-state index contributed by atoms with van der Waals surface area (Å²) >= 11 is 0. The summed E-state index contributed by atoms with van der Waals surface area (Å²) in [7, 11) is 0. The second-order valence-electron chi connectivity index (χ2n) is 4.03. The van der Waals surface area contributed by atoms with E-state index in [1.165, 1.54) is 6.07 Å². The molecule has 0 spiro atoms. The Bertz CT molecular complexity index is 501. The summed E-state index contributed by atoms with van der Waals surface area (Å²) in [5.74, 6) is -0.688. The maximum atomic E-state index is 13.8. The van der Waals surface area contributed by atoms with Crippen molar-refractivity contribution >= 4 is 5.78 Å². The van der Waals surface area contributed by atoms with Crippen molar-refractivity contribution in [3.63, 3.8) is 0 Å². The molecule has 1 aliphatic carbocycles. The number of nitrogens with zero attached hydrogens (tertiary/aromatic N) is 1. The van der Waals surface area contributed by atoms with Gasteiger partial charge in [0.2, 0.25) is 5.78 Å². The van der Waals surface area contributed by atoms with Gasteiger partial charge in [0.15, 0.2) is 0 Å². The van der Waals surface area contributed by atoms with Crippen LogP contribution >= 0.6 is 0 Å². The number of hydrogen-bond acceptors (Lipinski definition) is 2. The van der Waals surface area contributed by atoms with Crippen LogP contribution in [0.1, 0.15) is 27.0 Å². The summed E-state index contributed by atoms with van der Waals surface area (Å²) in [5, 5.41) is 8.68. The van der Waals surface area contributed by atoms with Crippen molar-refractivity contribution in [2.75, 3.05) is 0 Å². The van der Waals surface area contributed by atoms with Crippen LogP contribution in [0.15, 0.2) is 12.1 Å². The number of carbonyl (C=O) groups excluding carboxylic acids is 1. The Hall–Kier alpha value is -1.69. The van der Waals surface area contributed by atoms with Gasteiger partial charge in [-0.15, -0.1) is 0 Å². The molecule has 0 heterocycles. The number of Topliss-reactive ketones (excluding diaryl/α,β-unsaturated/α-hetero) is 1. The Morgan fingerprint density at radius 2 is 2.13 bits per heavy atom. The Morgan fingerprint density at radius 3 is 2.73 bits per heavy atom. The number of nitriles is 1. The van der Waals surface area contributed by atoms with Crippen molar-refractivity contribution in [3.05, 3.63) is 34.4 Å². The van der Waals surface area contributed by atoms with Crippen LogP contribution in [0.2, 0.25) is 0 Å². The van der Waals surface area contributed by atoms with Crippen molar-refractivity contribution in [1.29, 1.82) is 5.26 Å². The van der Waals surface area contributed by atoms with Gasteiger partial charge in [-0.2, -0.15) is 5.26 Å². The highest BCUT2D eigenvalue weighted by Crippen LogP contribution is 2.35. The highest BCUT2D eigenvalue weighted by atomic mass is 19.1. The van der Waals surface area contributed by atoms with Gasteiger partial charge in [-0.1, -0.05) is 11.6 Å². The van der Waals surface area contributed by atoms with E-state index in [9.17, 15) is 9.18 Å². The van der Waals surface area contributed by atoms with Crippen LogP contribution in [-0.2, 0) is 6.42 Å². The highest BCUT2D eigenvalue weighted by Gasteiger charge is 2.47. The van der Waals surface area contributed by atoms with E-state index in [4.69, 9.17) is 5.26 Å². The average molecular weight is 203 g/mol. The van der Waals surface area contributed by atoms with Gasteiger partial charge in [0, 0.05) is 12.0 Å². The van der Waals surface area contributed by atoms with Gasteiger partial charge in [-0.3, -0.25) is 4.79 Å². The Kier molecular flexibility index (Phi) is 1.90. The summed E-state index contributed by atoms with van der Waals surface area (Å²) in [5.41, 5.74) is 0.502. The lowest BCUT2D eigenvalue weighted by atomic mass is 10.0. The zero-order valence-electron chi connectivity index (χ0n) is 8.60. The van der Waals surface area contributed by atoms with Gasteiger partial charge < -0.3 is 0 Å². The molecule has 76 valence electrons. The third-order valence-electron chi connectivity index (χ3n) is 2.82. The van der Waals surface area contributed by atoms with Crippen molar-refractivity contribution in [2.45, 2.75) is 25.9 Å². The van der Waals surface area contributed by atoms with Crippen LogP contribution in [0.25, 0.3) is 0 Å².